The number of alkyl halides is 3. The van der Waals surface area contributed by atoms with E-state index < -0.39 is 12.6 Å². The van der Waals surface area contributed by atoms with Crippen molar-refractivity contribution in [1.29, 1.82) is 0 Å². The molecule has 1 rings (SSSR count). The van der Waals surface area contributed by atoms with E-state index >= 15 is 0 Å². The van der Waals surface area contributed by atoms with Gasteiger partial charge in [0.25, 0.3) is 0 Å². The van der Waals surface area contributed by atoms with Crippen molar-refractivity contribution < 1.29 is 13.2 Å². The second-order valence-corrected chi connectivity index (χ2v) is 5.20. The van der Waals surface area contributed by atoms with Gasteiger partial charge in [0.2, 0.25) is 0 Å². The third-order valence-electron chi connectivity index (χ3n) is 2.69. The summed E-state index contributed by atoms with van der Waals surface area (Å²) in [5, 5.41) is 3.30. The van der Waals surface area contributed by atoms with Crippen molar-refractivity contribution in [3.05, 3.63) is 16.1 Å². The molecule has 0 amide bonds. The number of hydrogen-bond acceptors (Lipinski definition) is 3. The molecule has 1 aromatic heterocycles. The molecule has 0 aromatic carbocycles. The molecule has 0 fully saturated rings. The van der Waals surface area contributed by atoms with E-state index in [1.54, 1.807) is 5.51 Å². The highest BCUT2D eigenvalue weighted by atomic mass is 32.1. The van der Waals surface area contributed by atoms with Gasteiger partial charge in [-0.3, -0.25) is 0 Å². The normalized spacial score (nSPS) is 13.8. The van der Waals surface area contributed by atoms with E-state index in [0.717, 1.165) is 23.5 Å². The van der Waals surface area contributed by atoms with E-state index in [1.807, 2.05) is 13.8 Å². The molecule has 104 valence electrons. The quantitative estimate of drug-likeness (QED) is 0.808. The fraction of sp³-hybridized carbons (Fsp3) is 0.750. The minimum atomic E-state index is -4.06. The Hall–Kier alpha value is -0.620. The van der Waals surface area contributed by atoms with Crippen LogP contribution in [0.15, 0.2) is 5.51 Å². The lowest BCUT2D eigenvalue weighted by molar-refractivity contribution is -0.135. The predicted octanol–water partition coefficient (Wildman–Crippen LogP) is 4.22. The van der Waals surface area contributed by atoms with Crippen LogP contribution in [-0.4, -0.2) is 17.7 Å². The average Bonchev–Trinajstić information content (AvgIpc) is 2.68. The highest BCUT2D eigenvalue weighted by Gasteiger charge is 2.27. The molecule has 0 spiro atoms. The molecule has 0 bridgehead atoms. The molecule has 6 heteroatoms. The van der Waals surface area contributed by atoms with E-state index in [2.05, 4.69) is 10.3 Å². The number of hydrogen-bond donors (Lipinski definition) is 1. The van der Waals surface area contributed by atoms with Crippen molar-refractivity contribution in [3.63, 3.8) is 0 Å². The maximum Gasteiger partial charge on any atom is 0.389 e. The Kier molecular flexibility index (Phi) is 6.08. The molecule has 2 nitrogen and oxygen atoms in total. The zero-order valence-corrected chi connectivity index (χ0v) is 11.5. The molecule has 1 heterocycles. The van der Waals surface area contributed by atoms with E-state index in [0.29, 0.717) is 6.42 Å². The Morgan fingerprint density at radius 1 is 1.44 bits per heavy atom. The second kappa shape index (κ2) is 7.09. The number of nitrogens with zero attached hydrogens (tertiary/aromatic N) is 1. The SMILES string of the molecule is CCCNC(CCCC(F)(F)F)c1scnc1C. The number of halogens is 3. The van der Waals surface area contributed by atoms with Gasteiger partial charge < -0.3 is 5.32 Å². The van der Waals surface area contributed by atoms with Gasteiger partial charge in [0.1, 0.15) is 0 Å². The first-order valence-corrected chi connectivity index (χ1v) is 7.02. The van der Waals surface area contributed by atoms with Crippen LogP contribution in [-0.2, 0) is 0 Å². The second-order valence-electron chi connectivity index (χ2n) is 4.32. The first-order valence-electron chi connectivity index (χ1n) is 6.14. The van der Waals surface area contributed by atoms with Gasteiger partial charge in [0, 0.05) is 17.3 Å². The van der Waals surface area contributed by atoms with Crippen LogP contribution in [0.1, 0.15) is 49.2 Å². The van der Waals surface area contributed by atoms with Gasteiger partial charge in [0.15, 0.2) is 0 Å². The molecular formula is C12H19F3N2S. The molecule has 1 N–H and O–H groups in total. The number of rotatable bonds is 7. The Morgan fingerprint density at radius 2 is 2.17 bits per heavy atom. The molecule has 18 heavy (non-hydrogen) atoms. The summed E-state index contributed by atoms with van der Waals surface area (Å²) in [7, 11) is 0. The summed E-state index contributed by atoms with van der Waals surface area (Å²) in [5.41, 5.74) is 2.66. The molecule has 1 aromatic rings. The standard InChI is InChI=1S/C12H19F3N2S/c1-3-7-16-10(5-4-6-12(13,14)15)11-9(2)17-8-18-11/h8,10,16H,3-7H2,1-2H3. The van der Waals surface area contributed by atoms with E-state index in [-0.39, 0.29) is 12.5 Å². The molecule has 1 atom stereocenters. The number of aromatic nitrogens is 1. The number of aryl methyl sites for hydroxylation is 1. The van der Waals surface area contributed by atoms with Crippen molar-refractivity contribution in [2.75, 3.05) is 6.54 Å². The minimum absolute atomic E-state index is 0.000185. The highest BCUT2D eigenvalue weighted by Crippen LogP contribution is 2.29. The fourth-order valence-corrected chi connectivity index (χ4v) is 2.71. The lowest BCUT2D eigenvalue weighted by Crippen LogP contribution is -2.22. The maximum atomic E-state index is 12.1. The van der Waals surface area contributed by atoms with E-state index in [1.165, 1.54) is 11.3 Å². The zero-order chi connectivity index (χ0) is 13.6. The summed E-state index contributed by atoms with van der Waals surface area (Å²) in [6.07, 6.45) is -3.15. The van der Waals surface area contributed by atoms with Gasteiger partial charge in [-0.25, -0.2) is 4.98 Å². The number of nitrogens with one attached hydrogen (secondary N) is 1. The van der Waals surface area contributed by atoms with Gasteiger partial charge in [-0.15, -0.1) is 11.3 Å². The van der Waals surface area contributed by atoms with Crippen LogP contribution >= 0.6 is 11.3 Å². The van der Waals surface area contributed by atoms with Crippen LogP contribution in [0.4, 0.5) is 13.2 Å². The third-order valence-corrected chi connectivity index (χ3v) is 3.74. The Morgan fingerprint density at radius 3 is 2.67 bits per heavy atom. The zero-order valence-electron chi connectivity index (χ0n) is 10.7. The van der Waals surface area contributed by atoms with Crippen LogP contribution in [0.2, 0.25) is 0 Å². The molecular weight excluding hydrogens is 261 g/mol. The molecule has 0 aliphatic carbocycles. The molecule has 0 radical (unpaired) electrons. The monoisotopic (exact) mass is 280 g/mol. The summed E-state index contributed by atoms with van der Waals surface area (Å²) in [6, 6.07) is -0.000185. The maximum absolute atomic E-state index is 12.1. The van der Waals surface area contributed by atoms with E-state index in [4.69, 9.17) is 0 Å². The fourth-order valence-electron chi connectivity index (χ4n) is 1.80. The van der Waals surface area contributed by atoms with Crippen LogP contribution in [0, 0.1) is 6.92 Å². The van der Waals surface area contributed by atoms with Crippen molar-refractivity contribution in [2.24, 2.45) is 0 Å². The smallest absolute Gasteiger partial charge is 0.309 e. The summed E-state index contributed by atoms with van der Waals surface area (Å²) in [5.74, 6) is 0. The molecule has 1 unspecified atom stereocenters. The predicted molar refractivity (Wildman–Crippen MR) is 67.8 cm³/mol. The topological polar surface area (TPSA) is 24.9 Å². The average molecular weight is 280 g/mol. The summed E-state index contributed by atoms with van der Waals surface area (Å²) < 4.78 is 36.4. The van der Waals surface area contributed by atoms with Gasteiger partial charge in [-0.2, -0.15) is 13.2 Å². The van der Waals surface area contributed by atoms with Crippen LogP contribution < -0.4 is 5.32 Å². The molecule has 0 aliphatic heterocycles. The Balaban J connectivity index is 2.54. The lowest BCUT2D eigenvalue weighted by atomic mass is 10.1. The third kappa shape index (κ3) is 5.35. The van der Waals surface area contributed by atoms with E-state index in [9.17, 15) is 13.2 Å². The first-order chi connectivity index (χ1) is 8.44. The summed E-state index contributed by atoms with van der Waals surface area (Å²) in [4.78, 5) is 5.22. The van der Waals surface area contributed by atoms with Gasteiger partial charge in [-0.05, 0) is 32.7 Å². The Bertz CT molecular complexity index is 349. The molecule has 0 saturated carbocycles. The van der Waals surface area contributed by atoms with Crippen molar-refractivity contribution in [2.45, 2.75) is 51.7 Å². The van der Waals surface area contributed by atoms with Crippen molar-refractivity contribution >= 4 is 11.3 Å². The van der Waals surface area contributed by atoms with Gasteiger partial charge in [0.05, 0.1) is 11.2 Å². The summed E-state index contributed by atoms with van der Waals surface area (Å²) in [6.45, 7) is 4.75. The minimum Gasteiger partial charge on any atom is -0.309 e. The molecule has 0 saturated heterocycles. The Labute approximate surface area is 110 Å². The molecule has 0 aliphatic rings. The largest absolute Gasteiger partial charge is 0.389 e. The highest BCUT2D eigenvalue weighted by molar-refractivity contribution is 7.09. The van der Waals surface area contributed by atoms with Crippen LogP contribution in [0.3, 0.4) is 0 Å². The van der Waals surface area contributed by atoms with Crippen LogP contribution in [0.5, 0.6) is 0 Å². The summed E-state index contributed by atoms with van der Waals surface area (Å²) >= 11 is 1.51. The first kappa shape index (κ1) is 15.4. The van der Waals surface area contributed by atoms with Crippen molar-refractivity contribution in [3.8, 4) is 0 Å². The number of thiazole rings is 1. The lowest BCUT2D eigenvalue weighted by Gasteiger charge is -2.18. The van der Waals surface area contributed by atoms with Gasteiger partial charge >= 0.3 is 6.18 Å². The van der Waals surface area contributed by atoms with Crippen molar-refractivity contribution in [1.82, 2.24) is 10.3 Å². The van der Waals surface area contributed by atoms with Gasteiger partial charge in [-0.1, -0.05) is 6.92 Å². The van der Waals surface area contributed by atoms with Crippen LogP contribution in [0.25, 0.3) is 0 Å².